The van der Waals surface area contributed by atoms with E-state index in [1.54, 1.807) is 12.1 Å². The van der Waals surface area contributed by atoms with Crippen LogP contribution in [0.1, 0.15) is 91.8 Å². The van der Waals surface area contributed by atoms with Crippen LogP contribution in [0.3, 0.4) is 0 Å². The van der Waals surface area contributed by atoms with Gasteiger partial charge in [-0.15, -0.1) is 0 Å². The summed E-state index contributed by atoms with van der Waals surface area (Å²) < 4.78 is 16.0. The first-order valence-corrected chi connectivity index (χ1v) is 11.3. The van der Waals surface area contributed by atoms with Crippen molar-refractivity contribution in [2.45, 2.75) is 71.1 Å². The van der Waals surface area contributed by atoms with Gasteiger partial charge < -0.3 is 19.3 Å². The predicted octanol–water partition coefficient (Wildman–Crippen LogP) is 5.50. The first kappa shape index (κ1) is 26.1. The Labute approximate surface area is 180 Å². The van der Waals surface area contributed by atoms with Gasteiger partial charge in [0.25, 0.3) is 0 Å². The monoisotopic (exact) mass is 422 g/mol. The van der Waals surface area contributed by atoms with Gasteiger partial charge in [0.2, 0.25) is 0 Å². The molecule has 0 atom stereocenters. The van der Waals surface area contributed by atoms with Gasteiger partial charge in [-0.3, -0.25) is 0 Å². The minimum atomic E-state index is -1.15. The van der Waals surface area contributed by atoms with Crippen molar-refractivity contribution in [3.05, 3.63) is 35.4 Å². The molecule has 0 spiro atoms. The summed E-state index contributed by atoms with van der Waals surface area (Å²) in [5.41, 5.74) is -0.0198. The molecule has 0 heterocycles. The van der Waals surface area contributed by atoms with E-state index in [1.807, 2.05) is 0 Å². The molecule has 1 aromatic carbocycles. The lowest BCUT2D eigenvalue weighted by Crippen LogP contribution is -2.15. The van der Waals surface area contributed by atoms with E-state index < -0.39 is 11.9 Å². The zero-order chi connectivity index (χ0) is 21.9. The normalized spacial score (nSPS) is 10.8. The molecule has 0 saturated heterocycles. The van der Waals surface area contributed by atoms with E-state index >= 15 is 0 Å². The van der Waals surface area contributed by atoms with Crippen molar-refractivity contribution >= 4 is 11.9 Å². The summed E-state index contributed by atoms with van der Waals surface area (Å²) in [6, 6.07) is 5.99. The van der Waals surface area contributed by atoms with Crippen LogP contribution in [-0.4, -0.2) is 50.1 Å². The summed E-state index contributed by atoms with van der Waals surface area (Å²) in [6.45, 7) is 4.29. The highest BCUT2D eigenvalue weighted by atomic mass is 16.6. The molecule has 1 rings (SSSR count). The van der Waals surface area contributed by atoms with Gasteiger partial charge in [-0.05, 0) is 18.6 Å². The van der Waals surface area contributed by atoms with E-state index in [2.05, 4.69) is 6.92 Å². The Morgan fingerprint density at radius 2 is 1.20 bits per heavy atom. The number of aromatic carboxylic acids is 1. The molecule has 0 fully saturated rings. The van der Waals surface area contributed by atoms with Gasteiger partial charge >= 0.3 is 11.9 Å². The van der Waals surface area contributed by atoms with Gasteiger partial charge in [-0.1, -0.05) is 76.8 Å². The Hall–Kier alpha value is -1.92. The van der Waals surface area contributed by atoms with E-state index in [1.165, 1.54) is 69.9 Å². The second kappa shape index (κ2) is 17.9. The first-order valence-electron chi connectivity index (χ1n) is 11.3. The van der Waals surface area contributed by atoms with Crippen LogP contribution in [-0.2, 0) is 14.2 Å². The number of carbonyl (C=O) groups is 2. The number of rotatable bonds is 19. The highest BCUT2D eigenvalue weighted by Gasteiger charge is 2.16. The van der Waals surface area contributed by atoms with Crippen LogP contribution in [0.15, 0.2) is 24.3 Å². The molecule has 0 radical (unpaired) electrons. The molecule has 0 aliphatic carbocycles. The number of benzene rings is 1. The van der Waals surface area contributed by atoms with Gasteiger partial charge in [0.05, 0.1) is 30.9 Å². The van der Waals surface area contributed by atoms with E-state index in [0.717, 1.165) is 13.0 Å². The third-order valence-corrected chi connectivity index (χ3v) is 4.85. The summed E-state index contributed by atoms with van der Waals surface area (Å²) in [4.78, 5) is 23.1. The van der Waals surface area contributed by atoms with E-state index in [9.17, 15) is 9.59 Å². The Balaban J connectivity index is 1.89. The molecule has 0 aromatic heterocycles. The Bertz CT molecular complexity index is 587. The van der Waals surface area contributed by atoms with E-state index in [-0.39, 0.29) is 24.3 Å². The van der Waals surface area contributed by atoms with Crippen LogP contribution in [0.5, 0.6) is 0 Å². The second-order valence-electron chi connectivity index (χ2n) is 7.39. The molecule has 1 aromatic rings. The summed E-state index contributed by atoms with van der Waals surface area (Å²) in [7, 11) is 0. The van der Waals surface area contributed by atoms with Crippen molar-refractivity contribution in [1.82, 2.24) is 0 Å². The van der Waals surface area contributed by atoms with Crippen molar-refractivity contribution in [3.63, 3.8) is 0 Å². The molecular formula is C24H38O6. The lowest BCUT2D eigenvalue weighted by Gasteiger charge is -2.08. The van der Waals surface area contributed by atoms with Gasteiger partial charge in [-0.25, -0.2) is 9.59 Å². The van der Waals surface area contributed by atoms with Gasteiger partial charge in [0, 0.05) is 6.61 Å². The fraction of sp³-hybridized carbons (Fsp3) is 0.667. The average molecular weight is 423 g/mol. The van der Waals surface area contributed by atoms with Crippen LogP contribution in [0.25, 0.3) is 0 Å². The highest BCUT2D eigenvalue weighted by molar-refractivity contribution is 6.02. The maximum Gasteiger partial charge on any atom is 0.339 e. The van der Waals surface area contributed by atoms with Crippen LogP contribution in [0.2, 0.25) is 0 Å². The highest BCUT2D eigenvalue weighted by Crippen LogP contribution is 2.11. The van der Waals surface area contributed by atoms with Crippen LogP contribution < -0.4 is 0 Å². The van der Waals surface area contributed by atoms with E-state index in [4.69, 9.17) is 19.3 Å². The van der Waals surface area contributed by atoms with Crippen molar-refractivity contribution in [3.8, 4) is 0 Å². The van der Waals surface area contributed by atoms with Gasteiger partial charge in [0.1, 0.15) is 6.61 Å². The molecule has 30 heavy (non-hydrogen) atoms. The Morgan fingerprint density at radius 3 is 1.80 bits per heavy atom. The molecule has 0 unspecified atom stereocenters. The van der Waals surface area contributed by atoms with Crippen LogP contribution in [0.4, 0.5) is 0 Å². The van der Waals surface area contributed by atoms with Crippen molar-refractivity contribution in [1.29, 1.82) is 0 Å². The maximum absolute atomic E-state index is 12.0. The molecule has 0 saturated carbocycles. The Kier molecular flexibility index (Phi) is 15.6. The number of esters is 1. The number of hydrogen-bond acceptors (Lipinski definition) is 5. The third kappa shape index (κ3) is 12.6. The molecule has 6 nitrogen and oxygen atoms in total. The average Bonchev–Trinajstić information content (AvgIpc) is 2.75. The number of carboxylic acids is 1. The lowest BCUT2D eigenvalue weighted by molar-refractivity contribution is 0.0140. The predicted molar refractivity (Wildman–Crippen MR) is 117 cm³/mol. The number of hydrogen-bond donors (Lipinski definition) is 1. The number of ether oxygens (including phenoxy) is 3. The summed E-state index contributed by atoms with van der Waals surface area (Å²) >= 11 is 0. The summed E-state index contributed by atoms with van der Waals surface area (Å²) in [5.74, 6) is -1.81. The molecule has 0 bridgehead atoms. The largest absolute Gasteiger partial charge is 0.478 e. The van der Waals surface area contributed by atoms with Crippen molar-refractivity contribution < 1.29 is 28.9 Å². The second-order valence-corrected chi connectivity index (χ2v) is 7.39. The summed E-state index contributed by atoms with van der Waals surface area (Å²) in [6.07, 6.45) is 13.1. The molecule has 0 amide bonds. The molecule has 0 aliphatic rings. The molecule has 6 heteroatoms. The standard InChI is InChI=1S/C24H38O6/c1-2-3-4-5-6-7-8-9-10-13-16-28-17-18-29-19-20-30-24(27)22-15-12-11-14-21(22)23(25)26/h11-12,14-15H,2-10,13,16-20H2,1H3,(H,25,26). The Morgan fingerprint density at radius 1 is 0.700 bits per heavy atom. The lowest BCUT2D eigenvalue weighted by atomic mass is 10.1. The van der Waals surface area contributed by atoms with E-state index in [0.29, 0.717) is 13.2 Å². The molecule has 170 valence electrons. The van der Waals surface area contributed by atoms with Gasteiger partial charge in [-0.2, -0.15) is 0 Å². The first-order chi connectivity index (χ1) is 14.7. The third-order valence-electron chi connectivity index (χ3n) is 4.85. The SMILES string of the molecule is CCCCCCCCCCCCOCCOCCOC(=O)c1ccccc1C(=O)O. The molecule has 0 aliphatic heterocycles. The zero-order valence-electron chi connectivity index (χ0n) is 18.4. The van der Waals surface area contributed by atoms with Gasteiger partial charge in [0.15, 0.2) is 0 Å². The van der Waals surface area contributed by atoms with Crippen LogP contribution >= 0.6 is 0 Å². The number of carbonyl (C=O) groups excluding carboxylic acids is 1. The van der Waals surface area contributed by atoms with Crippen LogP contribution in [0, 0.1) is 0 Å². The van der Waals surface area contributed by atoms with Crippen molar-refractivity contribution in [2.75, 3.05) is 33.0 Å². The zero-order valence-corrected chi connectivity index (χ0v) is 18.4. The number of carboxylic acid groups (broad SMARTS) is 1. The minimum Gasteiger partial charge on any atom is -0.478 e. The maximum atomic E-state index is 12.0. The molecule has 1 N–H and O–H groups in total. The summed E-state index contributed by atoms with van der Waals surface area (Å²) in [5, 5.41) is 9.09. The smallest absolute Gasteiger partial charge is 0.339 e. The number of unbranched alkanes of at least 4 members (excludes halogenated alkanes) is 9. The fourth-order valence-corrected chi connectivity index (χ4v) is 3.13. The quantitative estimate of drug-likeness (QED) is 0.234. The fourth-order valence-electron chi connectivity index (χ4n) is 3.13. The van der Waals surface area contributed by atoms with Crippen molar-refractivity contribution in [2.24, 2.45) is 0 Å². The topological polar surface area (TPSA) is 82.1 Å². The molecular weight excluding hydrogens is 384 g/mol. The minimum absolute atomic E-state index is 0.0461.